The molecular formula is C11H20N2. The van der Waals surface area contributed by atoms with Crippen molar-refractivity contribution in [1.29, 1.82) is 0 Å². The van der Waals surface area contributed by atoms with E-state index in [0.29, 0.717) is 6.04 Å². The molecule has 0 aliphatic heterocycles. The lowest BCUT2D eigenvalue weighted by atomic mass is 9.96. The standard InChI is InChI=1S/C11H20N2/c1-9(10(2)12)8-13-11-6-4-3-5-7-11/h8,11H,3-7,12H2,1-2H3. The van der Waals surface area contributed by atoms with E-state index in [0.717, 1.165) is 11.3 Å². The lowest BCUT2D eigenvalue weighted by Gasteiger charge is -2.17. The summed E-state index contributed by atoms with van der Waals surface area (Å²) in [6.45, 7) is 3.93. The number of rotatable bonds is 2. The second-order valence-electron chi connectivity index (χ2n) is 3.94. The molecule has 0 saturated heterocycles. The first-order valence-corrected chi connectivity index (χ1v) is 5.16. The lowest BCUT2D eigenvalue weighted by Crippen LogP contribution is -2.10. The summed E-state index contributed by atoms with van der Waals surface area (Å²) in [4.78, 5) is 4.54. The largest absolute Gasteiger partial charge is 0.402 e. The van der Waals surface area contributed by atoms with Crippen molar-refractivity contribution in [3.8, 4) is 0 Å². The Morgan fingerprint density at radius 3 is 2.38 bits per heavy atom. The summed E-state index contributed by atoms with van der Waals surface area (Å²) in [7, 11) is 0. The Balaban J connectivity index is 2.42. The molecule has 0 aromatic rings. The van der Waals surface area contributed by atoms with Gasteiger partial charge in [0.25, 0.3) is 0 Å². The molecule has 0 aromatic heterocycles. The van der Waals surface area contributed by atoms with Crippen molar-refractivity contribution in [3.05, 3.63) is 11.3 Å². The minimum Gasteiger partial charge on any atom is -0.402 e. The van der Waals surface area contributed by atoms with E-state index in [1.807, 2.05) is 20.1 Å². The highest BCUT2D eigenvalue weighted by Gasteiger charge is 2.10. The van der Waals surface area contributed by atoms with Gasteiger partial charge in [0.15, 0.2) is 0 Å². The van der Waals surface area contributed by atoms with Gasteiger partial charge in [0.2, 0.25) is 0 Å². The molecule has 0 unspecified atom stereocenters. The van der Waals surface area contributed by atoms with Crippen molar-refractivity contribution in [1.82, 2.24) is 0 Å². The predicted molar refractivity (Wildman–Crippen MR) is 57.9 cm³/mol. The molecule has 0 bridgehead atoms. The fourth-order valence-electron chi connectivity index (χ4n) is 1.55. The Hall–Kier alpha value is -0.790. The molecule has 13 heavy (non-hydrogen) atoms. The molecule has 0 heterocycles. The van der Waals surface area contributed by atoms with E-state index in [4.69, 9.17) is 5.73 Å². The summed E-state index contributed by atoms with van der Waals surface area (Å²) >= 11 is 0. The Bertz CT molecular complexity index is 206. The normalized spacial score (nSPS) is 22.0. The number of aliphatic imine (C=N–C) groups is 1. The summed E-state index contributed by atoms with van der Waals surface area (Å²) in [5.41, 5.74) is 7.62. The minimum atomic E-state index is 0.558. The van der Waals surface area contributed by atoms with E-state index >= 15 is 0 Å². The molecule has 0 amide bonds. The van der Waals surface area contributed by atoms with Crippen molar-refractivity contribution >= 4 is 6.21 Å². The summed E-state index contributed by atoms with van der Waals surface area (Å²) < 4.78 is 0. The second-order valence-corrected chi connectivity index (χ2v) is 3.94. The number of hydrogen-bond acceptors (Lipinski definition) is 2. The summed E-state index contributed by atoms with van der Waals surface area (Å²) in [6, 6.07) is 0.558. The van der Waals surface area contributed by atoms with Crippen LogP contribution in [-0.4, -0.2) is 12.3 Å². The molecule has 0 radical (unpaired) electrons. The average Bonchev–Trinajstić information content (AvgIpc) is 2.15. The number of nitrogens with two attached hydrogens (primary N) is 1. The van der Waals surface area contributed by atoms with Crippen LogP contribution in [0.5, 0.6) is 0 Å². The van der Waals surface area contributed by atoms with E-state index in [1.165, 1.54) is 32.1 Å². The molecular weight excluding hydrogens is 160 g/mol. The zero-order valence-corrected chi connectivity index (χ0v) is 8.71. The molecule has 2 nitrogen and oxygen atoms in total. The first-order chi connectivity index (χ1) is 6.20. The molecule has 2 N–H and O–H groups in total. The van der Waals surface area contributed by atoms with Crippen LogP contribution < -0.4 is 5.73 Å². The first-order valence-electron chi connectivity index (χ1n) is 5.16. The molecule has 1 aliphatic carbocycles. The molecule has 0 atom stereocenters. The molecule has 74 valence electrons. The van der Waals surface area contributed by atoms with Gasteiger partial charge < -0.3 is 5.73 Å². The van der Waals surface area contributed by atoms with E-state index in [1.54, 1.807) is 0 Å². The highest BCUT2D eigenvalue weighted by Crippen LogP contribution is 2.20. The second kappa shape index (κ2) is 5.05. The van der Waals surface area contributed by atoms with Gasteiger partial charge in [-0.2, -0.15) is 0 Å². The SMILES string of the molecule is CC(N)=C(C)C=NC1CCCCC1. The molecule has 2 heteroatoms. The van der Waals surface area contributed by atoms with Crippen LogP contribution in [0.2, 0.25) is 0 Å². The fraction of sp³-hybridized carbons (Fsp3) is 0.727. The highest BCUT2D eigenvalue weighted by molar-refractivity contribution is 5.78. The van der Waals surface area contributed by atoms with Crippen LogP contribution in [0.25, 0.3) is 0 Å². The maximum atomic E-state index is 5.64. The average molecular weight is 180 g/mol. The van der Waals surface area contributed by atoms with E-state index in [2.05, 4.69) is 4.99 Å². The molecule has 1 aliphatic rings. The van der Waals surface area contributed by atoms with Crippen molar-refractivity contribution < 1.29 is 0 Å². The Kier molecular flexibility index (Phi) is 4.00. The van der Waals surface area contributed by atoms with Crippen LogP contribution in [0.4, 0.5) is 0 Å². The van der Waals surface area contributed by atoms with Crippen molar-refractivity contribution in [2.45, 2.75) is 52.0 Å². The molecule has 0 aromatic carbocycles. The van der Waals surface area contributed by atoms with Crippen molar-refractivity contribution in [2.75, 3.05) is 0 Å². The van der Waals surface area contributed by atoms with Gasteiger partial charge in [0.1, 0.15) is 0 Å². The van der Waals surface area contributed by atoms with Crippen molar-refractivity contribution in [2.24, 2.45) is 10.7 Å². The zero-order chi connectivity index (χ0) is 9.68. The summed E-state index contributed by atoms with van der Waals surface area (Å²) in [5.74, 6) is 0. The van der Waals surface area contributed by atoms with Gasteiger partial charge in [0.05, 0.1) is 0 Å². The van der Waals surface area contributed by atoms with Crippen LogP contribution in [0.3, 0.4) is 0 Å². The quantitative estimate of drug-likeness (QED) is 0.652. The molecule has 1 rings (SSSR count). The molecule has 1 saturated carbocycles. The van der Waals surface area contributed by atoms with E-state index in [-0.39, 0.29) is 0 Å². The molecule has 1 fully saturated rings. The zero-order valence-electron chi connectivity index (χ0n) is 8.71. The number of hydrogen-bond donors (Lipinski definition) is 1. The third-order valence-corrected chi connectivity index (χ3v) is 2.68. The summed E-state index contributed by atoms with van der Waals surface area (Å²) in [5, 5.41) is 0. The van der Waals surface area contributed by atoms with Gasteiger partial charge >= 0.3 is 0 Å². The van der Waals surface area contributed by atoms with Crippen LogP contribution in [-0.2, 0) is 0 Å². The van der Waals surface area contributed by atoms with Crippen LogP contribution in [0.15, 0.2) is 16.3 Å². The third kappa shape index (κ3) is 3.62. The van der Waals surface area contributed by atoms with Crippen LogP contribution in [0.1, 0.15) is 46.0 Å². The Morgan fingerprint density at radius 2 is 1.85 bits per heavy atom. The number of nitrogens with zero attached hydrogens (tertiary/aromatic N) is 1. The van der Waals surface area contributed by atoms with Gasteiger partial charge in [-0.25, -0.2) is 0 Å². The Morgan fingerprint density at radius 1 is 1.23 bits per heavy atom. The van der Waals surface area contributed by atoms with Gasteiger partial charge in [-0.15, -0.1) is 0 Å². The maximum Gasteiger partial charge on any atom is 0.0499 e. The highest BCUT2D eigenvalue weighted by atomic mass is 14.8. The Labute approximate surface area is 80.9 Å². The minimum absolute atomic E-state index is 0.558. The van der Waals surface area contributed by atoms with Gasteiger partial charge in [-0.1, -0.05) is 19.3 Å². The van der Waals surface area contributed by atoms with Gasteiger partial charge in [-0.05, 0) is 32.3 Å². The predicted octanol–water partition coefficient (Wildman–Crippen LogP) is 2.64. The topological polar surface area (TPSA) is 38.4 Å². The molecule has 0 spiro atoms. The smallest absolute Gasteiger partial charge is 0.0499 e. The van der Waals surface area contributed by atoms with Crippen LogP contribution in [0, 0.1) is 0 Å². The van der Waals surface area contributed by atoms with Gasteiger partial charge in [0, 0.05) is 18.0 Å². The van der Waals surface area contributed by atoms with Crippen molar-refractivity contribution in [3.63, 3.8) is 0 Å². The van der Waals surface area contributed by atoms with E-state index < -0.39 is 0 Å². The monoisotopic (exact) mass is 180 g/mol. The maximum absolute atomic E-state index is 5.64. The van der Waals surface area contributed by atoms with E-state index in [9.17, 15) is 0 Å². The third-order valence-electron chi connectivity index (χ3n) is 2.68. The number of allylic oxidation sites excluding steroid dienone is 2. The lowest BCUT2D eigenvalue weighted by molar-refractivity contribution is 0.444. The summed E-state index contributed by atoms with van der Waals surface area (Å²) in [6.07, 6.45) is 8.52. The van der Waals surface area contributed by atoms with Crippen LogP contribution >= 0.6 is 0 Å². The fourth-order valence-corrected chi connectivity index (χ4v) is 1.55. The van der Waals surface area contributed by atoms with Gasteiger partial charge in [-0.3, -0.25) is 4.99 Å². The first kappa shape index (κ1) is 10.3.